The van der Waals surface area contributed by atoms with E-state index >= 15 is 0 Å². The van der Waals surface area contributed by atoms with Crippen LogP contribution in [0.5, 0.6) is 0 Å². The van der Waals surface area contributed by atoms with Crippen LogP contribution in [0.1, 0.15) is 65.9 Å². The van der Waals surface area contributed by atoms with Gasteiger partial charge in [-0.1, -0.05) is 19.1 Å². The summed E-state index contributed by atoms with van der Waals surface area (Å²) in [5, 5.41) is 2.65. The molecule has 0 radical (unpaired) electrons. The van der Waals surface area contributed by atoms with Crippen molar-refractivity contribution < 1.29 is 28.2 Å². The van der Waals surface area contributed by atoms with Crippen molar-refractivity contribution in [3.63, 3.8) is 0 Å². The molecule has 31 heavy (non-hydrogen) atoms. The number of halogens is 1. The molecule has 0 bridgehead atoms. The zero-order valence-corrected chi connectivity index (χ0v) is 19.3. The lowest BCUT2D eigenvalue weighted by atomic mass is 9.87. The third-order valence-electron chi connectivity index (χ3n) is 5.26. The van der Waals surface area contributed by atoms with Gasteiger partial charge >= 0.3 is 12.1 Å². The van der Waals surface area contributed by atoms with Crippen molar-refractivity contribution in [3.8, 4) is 0 Å². The normalized spacial score (nSPS) is 25.0. The molecular formula is C24H36FNO5. The van der Waals surface area contributed by atoms with E-state index in [1.807, 2.05) is 13.8 Å². The van der Waals surface area contributed by atoms with E-state index in [2.05, 4.69) is 5.32 Å². The number of ether oxygens (including phenoxy) is 3. The minimum absolute atomic E-state index is 0.0822. The second-order valence-corrected chi connectivity index (χ2v) is 9.18. The summed E-state index contributed by atoms with van der Waals surface area (Å²) in [6.45, 7) is 9.83. The van der Waals surface area contributed by atoms with Gasteiger partial charge in [0, 0.05) is 12.5 Å². The molecule has 1 aromatic carbocycles. The summed E-state index contributed by atoms with van der Waals surface area (Å²) in [5.41, 5.74) is 0.307. The highest BCUT2D eigenvalue weighted by atomic mass is 19.1. The largest absolute Gasteiger partial charge is 0.461 e. The van der Waals surface area contributed by atoms with Crippen LogP contribution in [0.4, 0.5) is 9.18 Å². The van der Waals surface area contributed by atoms with Gasteiger partial charge in [0.1, 0.15) is 23.6 Å². The van der Waals surface area contributed by atoms with E-state index < -0.39 is 29.8 Å². The lowest BCUT2D eigenvalue weighted by molar-refractivity contribution is -0.155. The van der Waals surface area contributed by atoms with E-state index in [0.29, 0.717) is 25.9 Å². The summed E-state index contributed by atoms with van der Waals surface area (Å²) >= 11 is 0. The fraction of sp³-hybridized carbons (Fsp3) is 0.667. The molecule has 2 rings (SSSR count). The third kappa shape index (κ3) is 8.48. The third-order valence-corrected chi connectivity index (χ3v) is 5.26. The second kappa shape index (κ2) is 11.5. The SMILES string of the molecule is CCCO[C@H]1CCC[C@H](NC(=O)OC(C)(C)C)C(=O)O[C@@H](C)[C@@H]1Cc1ccc(F)cc1. The minimum atomic E-state index is -0.770. The van der Waals surface area contributed by atoms with Gasteiger partial charge in [0.2, 0.25) is 0 Å². The molecule has 1 aliphatic rings. The van der Waals surface area contributed by atoms with Crippen LogP contribution in [-0.2, 0) is 25.4 Å². The van der Waals surface area contributed by atoms with Crippen molar-refractivity contribution in [2.75, 3.05) is 6.61 Å². The van der Waals surface area contributed by atoms with Gasteiger partial charge in [-0.25, -0.2) is 14.0 Å². The summed E-state index contributed by atoms with van der Waals surface area (Å²) in [6.07, 6.45) is 2.19. The molecule has 6 nitrogen and oxygen atoms in total. The molecule has 0 aliphatic carbocycles. The highest BCUT2D eigenvalue weighted by molar-refractivity contribution is 5.81. The maximum atomic E-state index is 13.3. The Labute approximate surface area is 184 Å². The second-order valence-electron chi connectivity index (χ2n) is 9.18. The van der Waals surface area contributed by atoms with E-state index in [4.69, 9.17) is 14.2 Å². The maximum absolute atomic E-state index is 13.3. The van der Waals surface area contributed by atoms with Gasteiger partial charge in [-0.3, -0.25) is 0 Å². The quantitative estimate of drug-likeness (QED) is 0.648. The maximum Gasteiger partial charge on any atom is 0.408 e. The first-order chi connectivity index (χ1) is 14.6. The Morgan fingerprint density at radius 2 is 1.90 bits per heavy atom. The molecule has 0 spiro atoms. The summed E-state index contributed by atoms with van der Waals surface area (Å²) in [4.78, 5) is 25.0. The predicted molar refractivity (Wildman–Crippen MR) is 116 cm³/mol. The van der Waals surface area contributed by atoms with Crippen molar-refractivity contribution in [1.29, 1.82) is 0 Å². The Bertz CT molecular complexity index is 716. The standard InChI is InChI=1S/C24H36FNO5/c1-6-14-29-21-9-7-8-20(26-23(28)31-24(3,4)5)22(27)30-16(2)19(21)15-17-10-12-18(25)13-11-17/h10-13,16,19-21H,6-9,14-15H2,1-5H3,(H,26,28)/t16-,19-,20-,21-/m0/s1. The van der Waals surface area contributed by atoms with Crippen LogP contribution in [0.15, 0.2) is 24.3 Å². The highest BCUT2D eigenvalue weighted by Gasteiger charge is 2.35. The zero-order valence-electron chi connectivity index (χ0n) is 19.3. The fourth-order valence-corrected chi connectivity index (χ4v) is 3.76. The van der Waals surface area contributed by atoms with Gasteiger partial charge in [0.05, 0.1) is 6.10 Å². The van der Waals surface area contributed by atoms with Crippen LogP contribution >= 0.6 is 0 Å². The summed E-state index contributed by atoms with van der Waals surface area (Å²) < 4.78 is 30.5. The Morgan fingerprint density at radius 1 is 1.23 bits per heavy atom. The smallest absolute Gasteiger partial charge is 0.408 e. The Morgan fingerprint density at radius 3 is 2.52 bits per heavy atom. The van der Waals surface area contributed by atoms with Gasteiger partial charge in [0.25, 0.3) is 0 Å². The van der Waals surface area contributed by atoms with Crippen molar-refractivity contribution >= 4 is 12.1 Å². The van der Waals surface area contributed by atoms with Crippen molar-refractivity contribution in [1.82, 2.24) is 5.32 Å². The Kier molecular flexibility index (Phi) is 9.29. The van der Waals surface area contributed by atoms with Gasteiger partial charge in [-0.05, 0) is 77.5 Å². The molecule has 1 heterocycles. The number of cyclic esters (lactones) is 1. The Hall–Kier alpha value is -2.15. The summed E-state index contributed by atoms with van der Waals surface area (Å²) in [7, 11) is 0. The average Bonchev–Trinajstić information content (AvgIpc) is 2.72. The number of esters is 1. The topological polar surface area (TPSA) is 73.9 Å². The van der Waals surface area contributed by atoms with Crippen molar-refractivity contribution in [3.05, 3.63) is 35.6 Å². The molecule has 0 unspecified atom stereocenters. The number of carbonyl (C=O) groups excluding carboxylic acids is 2. The molecule has 1 N–H and O–H groups in total. The molecule has 7 heteroatoms. The number of benzene rings is 1. The van der Waals surface area contributed by atoms with Crippen LogP contribution < -0.4 is 5.32 Å². The molecule has 1 aliphatic heterocycles. The van der Waals surface area contributed by atoms with Crippen LogP contribution in [0.2, 0.25) is 0 Å². The number of hydrogen-bond donors (Lipinski definition) is 1. The van der Waals surface area contributed by atoms with Crippen molar-refractivity contribution in [2.24, 2.45) is 5.92 Å². The molecule has 4 atom stereocenters. The van der Waals surface area contributed by atoms with E-state index in [9.17, 15) is 14.0 Å². The van der Waals surface area contributed by atoms with Gasteiger partial charge in [-0.15, -0.1) is 0 Å². The van der Waals surface area contributed by atoms with Crippen LogP contribution in [0, 0.1) is 11.7 Å². The van der Waals surface area contributed by atoms with Crippen LogP contribution in [0.25, 0.3) is 0 Å². The summed E-state index contributed by atoms with van der Waals surface area (Å²) in [6, 6.07) is 5.60. The van der Waals surface area contributed by atoms with Gasteiger partial charge < -0.3 is 19.5 Å². The lowest BCUT2D eigenvalue weighted by Crippen LogP contribution is -2.45. The first-order valence-electron chi connectivity index (χ1n) is 11.1. The molecule has 1 amide bonds. The van der Waals surface area contributed by atoms with Crippen LogP contribution in [-0.4, -0.2) is 42.5 Å². The lowest BCUT2D eigenvalue weighted by Gasteiger charge is -2.31. The number of nitrogens with one attached hydrogen (secondary N) is 1. The molecule has 1 aromatic rings. The molecule has 0 saturated carbocycles. The Balaban J connectivity index is 2.15. The number of amides is 1. The summed E-state index contributed by atoms with van der Waals surface area (Å²) in [5.74, 6) is -0.840. The first-order valence-corrected chi connectivity index (χ1v) is 11.1. The number of carbonyl (C=O) groups is 2. The molecule has 1 fully saturated rings. The van der Waals surface area contributed by atoms with Gasteiger partial charge in [-0.2, -0.15) is 0 Å². The molecular weight excluding hydrogens is 401 g/mol. The molecule has 174 valence electrons. The average molecular weight is 438 g/mol. The van der Waals surface area contributed by atoms with E-state index in [1.54, 1.807) is 32.9 Å². The monoisotopic (exact) mass is 437 g/mol. The fourth-order valence-electron chi connectivity index (χ4n) is 3.76. The molecule has 1 saturated heterocycles. The van der Waals surface area contributed by atoms with E-state index in [-0.39, 0.29) is 17.8 Å². The predicted octanol–water partition coefficient (Wildman–Crippen LogP) is 4.79. The van der Waals surface area contributed by atoms with Crippen molar-refractivity contribution in [2.45, 2.75) is 90.6 Å². The highest BCUT2D eigenvalue weighted by Crippen LogP contribution is 2.28. The number of hydrogen-bond acceptors (Lipinski definition) is 5. The molecule has 0 aromatic heterocycles. The van der Waals surface area contributed by atoms with Crippen LogP contribution in [0.3, 0.4) is 0 Å². The number of rotatable bonds is 6. The number of alkyl carbamates (subject to hydrolysis) is 1. The minimum Gasteiger partial charge on any atom is -0.461 e. The zero-order chi connectivity index (χ0) is 23.0. The first kappa shape index (κ1) is 25.1. The van der Waals surface area contributed by atoms with E-state index in [0.717, 1.165) is 18.4 Å². The van der Waals surface area contributed by atoms with E-state index in [1.165, 1.54) is 12.1 Å². The van der Waals surface area contributed by atoms with Gasteiger partial charge in [0.15, 0.2) is 0 Å².